The zero-order chi connectivity index (χ0) is 14.2. The second kappa shape index (κ2) is 5.48. The highest BCUT2D eigenvalue weighted by Gasteiger charge is 2.45. The molecule has 1 heterocycles. The topological polar surface area (TPSA) is 12.0 Å². The average molecular weight is 275 g/mol. The molecule has 2 aliphatic rings. The minimum absolute atomic E-state index is 0.128. The maximum absolute atomic E-state index is 13.2. The molecule has 4 atom stereocenters. The molecule has 1 aliphatic carbocycles. The van der Waals surface area contributed by atoms with Crippen LogP contribution in [0.4, 0.5) is 4.39 Å². The highest BCUT2D eigenvalue weighted by atomic mass is 19.1. The molecule has 0 aromatic heterocycles. The number of rotatable bonds is 1. The minimum Gasteiger partial charge on any atom is -0.316 e. The van der Waals surface area contributed by atoms with Crippen molar-refractivity contribution in [3.05, 3.63) is 35.6 Å². The van der Waals surface area contributed by atoms with E-state index in [1.165, 1.54) is 31.2 Å². The van der Waals surface area contributed by atoms with Crippen LogP contribution in [0.2, 0.25) is 0 Å². The SMILES string of the molecule is CC1CCC2(CCNCC2c2ccc(F)cc2)CC1C. The van der Waals surface area contributed by atoms with Crippen molar-refractivity contribution in [2.45, 2.75) is 45.4 Å². The number of nitrogens with one attached hydrogen (secondary N) is 1. The number of piperidine rings is 1. The molecule has 1 aromatic rings. The first-order valence-electron chi connectivity index (χ1n) is 8.07. The maximum Gasteiger partial charge on any atom is 0.123 e. The standard InChI is InChI=1S/C18H26FN/c1-13-7-8-18(11-14(13)2)9-10-20-12-17(18)15-3-5-16(19)6-4-15/h3-6,13-14,17,20H,7-12H2,1-2H3. The van der Waals surface area contributed by atoms with Crippen molar-refractivity contribution in [3.8, 4) is 0 Å². The average Bonchev–Trinajstić information content (AvgIpc) is 2.45. The third-order valence-electron chi connectivity index (χ3n) is 5.96. The molecule has 1 saturated carbocycles. The van der Waals surface area contributed by atoms with Crippen molar-refractivity contribution in [2.75, 3.05) is 13.1 Å². The summed E-state index contributed by atoms with van der Waals surface area (Å²) in [6, 6.07) is 7.23. The second-order valence-corrected chi connectivity index (χ2v) is 7.12. The quantitative estimate of drug-likeness (QED) is 0.803. The Kier molecular flexibility index (Phi) is 3.85. The van der Waals surface area contributed by atoms with Gasteiger partial charge in [-0.3, -0.25) is 0 Å². The van der Waals surface area contributed by atoms with Crippen molar-refractivity contribution in [1.29, 1.82) is 0 Å². The zero-order valence-electron chi connectivity index (χ0n) is 12.7. The van der Waals surface area contributed by atoms with Gasteiger partial charge < -0.3 is 5.32 Å². The van der Waals surface area contributed by atoms with Crippen LogP contribution in [0.5, 0.6) is 0 Å². The van der Waals surface area contributed by atoms with Crippen molar-refractivity contribution in [1.82, 2.24) is 5.32 Å². The highest BCUT2D eigenvalue weighted by molar-refractivity contribution is 5.25. The molecule has 20 heavy (non-hydrogen) atoms. The fraction of sp³-hybridized carbons (Fsp3) is 0.667. The van der Waals surface area contributed by atoms with E-state index in [-0.39, 0.29) is 5.82 Å². The first-order chi connectivity index (χ1) is 9.61. The van der Waals surface area contributed by atoms with Crippen LogP contribution >= 0.6 is 0 Å². The predicted molar refractivity (Wildman–Crippen MR) is 81.2 cm³/mol. The Hall–Kier alpha value is -0.890. The minimum atomic E-state index is -0.128. The van der Waals surface area contributed by atoms with E-state index in [1.54, 1.807) is 12.1 Å². The number of halogens is 1. The first-order valence-corrected chi connectivity index (χ1v) is 8.07. The fourth-order valence-electron chi connectivity index (χ4n) is 4.43. The first kappa shape index (κ1) is 14.1. The highest BCUT2D eigenvalue weighted by Crippen LogP contribution is 2.53. The molecule has 0 bridgehead atoms. The summed E-state index contributed by atoms with van der Waals surface area (Å²) < 4.78 is 13.2. The Bertz CT molecular complexity index is 455. The zero-order valence-corrected chi connectivity index (χ0v) is 12.7. The molecule has 1 N–H and O–H groups in total. The van der Waals surface area contributed by atoms with E-state index in [4.69, 9.17) is 0 Å². The number of hydrogen-bond donors (Lipinski definition) is 1. The van der Waals surface area contributed by atoms with Crippen molar-refractivity contribution >= 4 is 0 Å². The Morgan fingerprint density at radius 3 is 2.55 bits per heavy atom. The van der Waals surface area contributed by atoms with E-state index in [0.29, 0.717) is 11.3 Å². The Labute approximate surface area is 122 Å². The van der Waals surface area contributed by atoms with Crippen molar-refractivity contribution in [2.24, 2.45) is 17.3 Å². The smallest absolute Gasteiger partial charge is 0.123 e. The van der Waals surface area contributed by atoms with Crippen molar-refractivity contribution in [3.63, 3.8) is 0 Å². The summed E-state index contributed by atoms with van der Waals surface area (Å²) in [5, 5.41) is 3.55. The van der Waals surface area contributed by atoms with E-state index in [2.05, 4.69) is 19.2 Å². The van der Waals surface area contributed by atoms with Gasteiger partial charge in [-0.25, -0.2) is 4.39 Å². The molecule has 0 amide bonds. The van der Waals surface area contributed by atoms with Crippen LogP contribution in [0.25, 0.3) is 0 Å². The molecule has 2 heteroatoms. The van der Waals surface area contributed by atoms with E-state index >= 15 is 0 Å². The summed E-state index contributed by atoms with van der Waals surface area (Å²) in [5.41, 5.74) is 1.76. The van der Waals surface area contributed by atoms with Crippen LogP contribution in [-0.2, 0) is 0 Å². The predicted octanol–water partition coefficient (Wildman–Crippen LogP) is 4.35. The molecule has 1 saturated heterocycles. The van der Waals surface area contributed by atoms with E-state index in [0.717, 1.165) is 24.9 Å². The summed E-state index contributed by atoms with van der Waals surface area (Å²) in [7, 11) is 0. The summed E-state index contributed by atoms with van der Waals surface area (Å²) >= 11 is 0. The number of benzene rings is 1. The lowest BCUT2D eigenvalue weighted by atomic mass is 9.56. The molecular formula is C18H26FN. The second-order valence-electron chi connectivity index (χ2n) is 7.12. The summed E-state index contributed by atoms with van der Waals surface area (Å²) in [5.74, 6) is 2.08. The number of hydrogen-bond acceptors (Lipinski definition) is 1. The lowest BCUT2D eigenvalue weighted by molar-refractivity contribution is 0.0487. The van der Waals surface area contributed by atoms with Crippen LogP contribution in [0, 0.1) is 23.1 Å². The van der Waals surface area contributed by atoms with Crippen LogP contribution in [0.1, 0.15) is 51.0 Å². The molecule has 1 aromatic carbocycles. The van der Waals surface area contributed by atoms with Gasteiger partial charge in [0.25, 0.3) is 0 Å². The molecule has 1 nitrogen and oxygen atoms in total. The van der Waals surface area contributed by atoms with Gasteiger partial charge in [0.05, 0.1) is 0 Å². The molecule has 1 spiro atoms. The van der Waals surface area contributed by atoms with Gasteiger partial charge in [0.2, 0.25) is 0 Å². The molecule has 3 rings (SSSR count). The van der Waals surface area contributed by atoms with Gasteiger partial charge in [-0.15, -0.1) is 0 Å². The molecule has 4 unspecified atom stereocenters. The maximum atomic E-state index is 13.2. The van der Waals surface area contributed by atoms with Gasteiger partial charge >= 0.3 is 0 Å². The van der Waals surface area contributed by atoms with Gasteiger partial charge in [-0.05, 0) is 67.2 Å². The Morgan fingerprint density at radius 2 is 1.85 bits per heavy atom. The monoisotopic (exact) mass is 275 g/mol. The normalized spacial score (nSPS) is 38.0. The van der Waals surface area contributed by atoms with Gasteiger partial charge in [0.15, 0.2) is 0 Å². The summed E-state index contributed by atoms with van der Waals surface area (Å²) in [6.45, 7) is 6.99. The molecule has 2 fully saturated rings. The fourth-order valence-corrected chi connectivity index (χ4v) is 4.43. The lowest BCUT2D eigenvalue weighted by Gasteiger charge is -2.50. The van der Waals surface area contributed by atoms with Crippen LogP contribution in [0.15, 0.2) is 24.3 Å². The Morgan fingerprint density at radius 1 is 1.10 bits per heavy atom. The molecule has 1 aliphatic heterocycles. The van der Waals surface area contributed by atoms with E-state index in [9.17, 15) is 4.39 Å². The van der Waals surface area contributed by atoms with Crippen molar-refractivity contribution < 1.29 is 4.39 Å². The largest absolute Gasteiger partial charge is 0.316 e. The van der Waals surface area contributed by atoms with E-state index < -0.39 is 0 Å². The third kappa shape index (κ3) is 2.50. The van der Waals surface area contributed by atoms with Crippen LogP contribution in [-0.4, -0.2) is 13.1 Å². The van der Waals surface area contributed by atoms with Gasteiger partial charge in [-0.2, -0.15) is 0 Å². The summed E-state index contributed by atoms with van der Waals surface area (Å²) in [4.78, 5) is 0. The van der Waals surface area contributed by atoms with Crippen LogP contribution in [0.3, 0.4) is 0 Å². The van der Waals surface area contributed by atoms with Crippen LogP contribution < -0.4 is 5.32 Å². The van der Waals surface area contributed by atoms with Gasteiger partial charge in [0, 0.05) is 12.5 Å². The van der Waals surface area contributed by atoms with E-state index in [1.807, 2.05) is 12.1 Å². The summed E-state index contributed by atoms with van der Waals surface area (Å²) in [6.07, 6.45) is 5.28. The Balaban J connectivity index is 1.89. The molecule has 0 radical (unpaired) electrons. The third-order valence-corrected chi connectivity index (χ3v) is 5.96. The van der Waals surface area contributed by atoms with Gasteiger partial charge in [-0.1, -0.05) is 26.0 Å². The van der Waals surface area contributed by atoms with Gasteiger partial charge in [0.1, 0.15) is 5.82 Å². The lowest BCUT2D eigenvalue weighted by Crippen LogP contribution is -2.47. The molecular weight excluding hydrogens is 249 g/mol. The molecule has 110 valence electrons.